The van der Waals surface area contributed by atoms with Crippen LogP contribution in [0.1, 0.15) is 0 Å². The largest absolute Gasteiger partial charge is 0.508 e. The minimum atomic E-state index is -0.378. The van der Waals surface area contributed by atoms with Crippen LogP contribution in [-0.2, 0) is 0 Å². The first-order valence-electron chi connectivity index (χ1n) is 16.2. The molecule has 51 heavy (non-hydrogen) atoms. The maximum atomic E-state index is 11.9. The van der Waals surface area contributed by atoms with Crippen LogP contribution < -0.4 is 27.3 Å². The number of furan rings is 1. The topological polar surface area (TPSA) is 73.8 Å². The van der Waals surface area contributed by atoms with Gasteiger partial charge in [0.2, 0.25) is 0 Å². The Labute approximate surface area is 299 Å². The van der Waals surface area contributed by atoms with Gasteiger partial charge in [-0.15, -0.1) is 5.46 Å². The summed E-state index contributed by atoms with van der Waals surface area (Å²) in [6.07, 6.45) is 0. The van der Waals surface area contributed by atoms with Gasteiger partial charge in [-0.25, -0.2) is 0 Å². The van der Waals surface area contributed by atoms with Gasteiger partial charge in [0.1, 0.15) is 67.6 Å². The lowest BCUT2D eigenvalue weighted by atomic mass is 9.66. The second-order valence-corrected chi connectivity index (χ2v) is 12.8. The molecular formula is C42H21B5O4. The van der Waals surface area contributed by atoms with Crippen LogP contribution in [-0.4, -0.2) is 54.6 Å². The highest BCUT2D eigenvalue weighted by molar-refractivity contribution is 6.63. The van der Waals surface area contributed by atoms with Gasteiger partial charge in [0, 0.05) is 38.1 Å². The van der Waals surface area contributed by atoms with E-state index < -0.39 is 0 Å². The van der Waals surface area contributed by atoms with Crippen LogP contribution in [0.5, 0.6) is 17.2 Å². The first-order valence-corrected chi connectivity index (χ1v) is 16.2. The minimum absolute atomic E-state index is 0.0252. The van der Waals surface area contributed by atoms with E-state index in [2.05, 4.69) is 30.3 Å². The third-order valence-electron chi connectivity index (χ3n) is 10.0. The maximum Gasteiger partial charge on any atom is 0.135 e. The van der Waals surface area contributed by atoms with Gasteiger partial charge in [-0.1, -0.05) is 107 Å². The molecule has 3 N–H and O–H groups in total. The summed E-state index contributed by atoms with van der Waals surface area (Å²) in [4.78, 5) is 0. The van der Waals surface area contributed by atoms with Crippen molar-refractivity contribution < 1.29 is 19.7 Å². The van der Waals surface area contributed by atoms with Crippen LogP contribution in [0.2, 0.25) is 0 Å². The molecule has 0 atom stereocenters. The van der Waals surface area contributed by atoms with Gasteiger partial charge in [-0.05, 0) is 62.7 Å². The van der Waals surface area contributed by atoms with Crippen molar-refractivity contribution in [3.8, 4) is 50.6 Å². The number of hydrogen-bond acceptors (Lipinski definition) is 4. The van der Waals surface area contributed by atoms with E-state index in [-0.39, 0.29) is 60.7 Å². The fourth-order valence-electron chi connectivity index (χ4n) is 7.45. The van der Waals surface area contributed by atoms with E-state index in [9.17, 15) is 15.3 Å². The summed E-state index contributed by atoms with van der Waals surface area (Å²) in [5.74, 6) is -1.08. The van der Waals surface area contributed by atoms with Gasteiger partial charge in [-0.2, -0.15) is 0 Å². The van der Waals surface area contributed by atoms with E-state index >= 15 is 0 Å². The lowest BCUT2D eigenvalue weighted by molar-refractivity contribution is 0.476. The van der Waals surface area contributed by atoms with Gasteiger partial charge < -0.3 is 19.7 Å². The van der Waals surface area contributed by atoms with E-state index in [1.807, 2.05) is 66.7 Å². The number of rotatable bonds is 3. The molecule has 0 saturated carbocycles. The van der Waals surface area contributed by atoms with Crippen molar-refractivity contribution in [3.63, 3.8) is 0 Å². The summed E-state index contributed by atoms with van der Waals surface area (Å²) in [6.45, 7) is 0. The van der Waals surface area contributed by atoms with Crippen molar-refractivity contribution in [2.45, 2.75) is 0 Å². The fraction of sp³-hybridized carbons (Fsp3) is 0. The lowest BCUT2D eigenvalue weighted by Gasteiger charge is -2.26. The number of para-hydroxylation sites is 1. The molecule has 0 fully saturated rings. The Morgan fingerprint density at radius 2 is 0.882 bits per heavy atom. The fourth-order valence-corrected chi connectivity index (χ4v) is 7.45. The Morgan fingerprint density at radius 3 is 1.59 bits per heavy atom. The highest BCUT2D eigenvalue weighted by Gasteiger charge is 2.28. The van der Waals surface area contributed by atoms with Crippen molar-refractivity contribution in [1.29, 1.82) is 0 Å². The SMILES string of the molecule is [B]c1c([B])c(O)c2c(-c3ccc4oc5ccccc5c4c3)c3c(O)c([B])c([B])c(O)c3c(-c3ccc(-c4ccc5ccccc5c4)cc3)c2c1[B]. The molecule has 0 unspecified atom stereocenters. The molecule has 9 rings (SSSR count). The molecular weight excluding hydrogens is 623 g/mol. The first kappa shape index (κ1) is 31.1. The van der Waals surface area contributed by atoms with Gasteiger partial charge in [0.05, 0.1) is 0 Å². The molecule has 1 aromatic heterocycles. The molecule has 9 aromatic rings. The molecule has 0 aliphatic carbocycles. The normalized spacial score (nSPS) is 11.8. The molecule has 228 valence electrons. The van der Waals surface area contributed by atoms with E-state index in [0.717, 1.165) is 32.7 Å². The molecule has 0 aliphatic heterocycles. The second kappa shape index (κ2) is 11.3. The Morgan fingerprint density at radius 1 is 0.373 bits per heavy atom. The number of phenols is 3. The molecule has 8 aromatic carbocycles. The maximum absolute atomic E-state index is 11.9. The number of phenolic OH excluding ortho intramolecular Hbond substituents is 3. The summed E-state index contributed by atoms with van der Waals surface area (Å²) in [6, 6.07) is 35.2. The average Bonchev–Trinajstić information content (AvgIpc) is 3.54. The Bertz CT molecular complexity index is 2870. The van der Waals surface area contributed by atoms with Crippen LogP contribution in [0.15, 0.2) is 114 Å². The van der Waals surface area contributed by atoms with E-state index in [1.54, 1.807) is 12.1 Å². The average molecular weight is 644 g/mol. The smallest absolute Gasteiger partial charge is 0.135 e. The van der Waals surface area contributed by atoms with Gasteiger partial charge in [0.25, 0.3) is 0 Å². The van der Waals surface area contributed by atoms with Gasteiger partial charge in [-0.3, -0.25) is 0 Å². The molecule has 4 nitrogen and oxygen atoms in total. The molecule has 0 bridgehead atoms. The molecule has 1 heterocycles. The standard InChI is InChI=1S/C42H21B5O4/c43-35-31-29(21-12-9-20(10-13-21)23-14-11-19-5-1-2-6-22(19)17-23)33-34(42(50)39(47)38(46)41(33)49)30(32(31)40(48)37(45)36(35)44)24-15-16-28-26(18-24)25-7-3-4-8-27(25)51-28/h1-18,48-50H. The molecule has 0 spiro atoms. The molecule has 0 saturated heterocycles. The van der Waals surface area contributed by atoms with Gasteiger partial charge in [0.15, 0.2) is 0 Å². The van der Waals surface area contributed by atoms with E-state index in [4.69, 9.17) is 43.6 Å². The Kier molecular flexibility index (Phi) is 6.88. The van der Waals surface area contributed by atoms with E-state index in [0.29, 0.717) is 38.8 Å². The summed E-state index contributed by atoms with van der Waals surface area (Å²) in [5.41, 5.74) is 4.66. The minimum Gasteiger partial charge on any atom is -0.508 e. The van der Waals surface area contributed by atoms with Crippen LogP contribution in [0.25, 0.3) is 87.6 Å². The zero-order chi connectivity index (χ0) is 35.3. The molecule has 10 radical (unpaired) electrons. The lowest BCUT2D eigenvalue weighted by Crippen LogP contribution is -2.39. The first-order chi connectivity index (χ1) is 24.6. The highest BCUT2D eigenvalue weighted by Crippen LogP contribution is 2.50. The van der Waals surface area contributed by atoms with Crippen LogP contribution in [0, 0.1) is 0 Å². The number of hydrogen-bond donors (Lipinski definition) is 3. The summed E-state index contributed by atoms with van der Waals surface area (Å²) >= 11 is 0. The number of fused-ring (bicyclic) bond motifs is 6. The van der Waals surface area contributed by atoms with Crippen molar-refractivity contribution in [3.05, 3.63) is 109 Å². The molecule has 0 aliphatic rings. The Balaban J connectivity index is 1.41. The van der Waals surface area contributed by atoms with E-state index in [1.165, 1.54) is 0 Å². The zero-order valence-corrected chi connectivity index (χ0v) is 27.0. The van der Waals surface area contributed by atoms with Crippen LogP contribution >= 0.6 is 0 Å². The predicted molar refractivity (Wildman–Crippen MR) is 214 cm³/mol. The monoisotopic (exact) mass is 644 g/mol. The summed E-state index contributed by atoms with van der Waals surface area (Å²) < 4.78 is 6.08. The van der Waals surface area contributed by atoms with Crippen molar-refractivity contribution >= 4 is 121 Å². The van der Waals surface area contributed by atoms with Crippen molar-refractivity contribution in [2.24, 2.45) is 0 Å². The molecule has 9 heteroatoms. The van der Waals surface area contributed by atoms with Gasteiger partial charge >= 0.3 is 0 Å². The van der Waals surface area contributed by atoms with Crippen LogP contribution in [0.4, 0.5) is 0 Å². The van der Waals surface area contributed by atoms with Crippen molar-refractivity contribution in [1.82, 2.24) is 0 Å². The van der Waals surface area contributed by atoms with Crippen LogP contribution in [0.3, 0.4) is 0 Å². The second-order valence-electron chi connectivity index (χ2n) is 12.8. The quantitative estimate of drug-likeness (QED) is 0.142. The van der Waals surface area contributed by atoms with Crippen molar-refractivity contribution in [2.75, 3.05) is 0 Å². The molecule has 0 amide bonds. The highest BCUT2D eigenvalue weighted by atomic mass is 16.3. The summed E-state index contributed by atoms with van der Waals surface area (Å²) in [7, 11) is 32.3. The predicted octanol–water partition coefficient (Wildman–Crippen LogP) is 5.13. The third-order valence-corrected chi connectivity index (χ3v) is 10.0. The summed E-state index contributed by atoms with van der Waals surface area (Å²) in [5, 5.41) is 40.3. The zero-order valence-electron chi connectivity index (χ0n) is 27.0. The number of benzene rings is 8. The number of aromatic hydroxyl groups is 3. The third kappa shape index (κ3) is 4.47. The Hall–Kier alpha value is -5.94.